The van der Waals surface area contributed by atoms with Gasteiger partial charge in [0.1, 0.15) is 10.7 Å². The highest BCUT2D eigenvalue weighted by Crippen LogP contribution is 2.25. The molecule has 0 radical (unpaired) electrons. The minimum Gasteiger partial charge on any atom is -0.478 e. The summed E-state index contributed by atoms with van der Waals surface area (Å²) in [4.78, 5) is 15.2. The number of hydrogen-bond acceptors (Lipinski definition) is 3. The number of carboxylic acid groups (broad SMARTS) is 1. The van der Waals surface area contributed by atoms with Gasteiger partial charge < -0.3 is 5.11 Å². The zero-order valence-corrected chi connectivity index (χ0v) is 11.4. The van der Waals surface area contributed by atoms with Gasteiger partial charge in [-0.1, -0.05) is 25.4 Å². The van der Waals surface area contributed by atoms with Gasteiger partial charge in [0, 0.05) is 12.4 Å². The van der Waals surface area contributed by atoms with Crippen molar-refractivity contribution < 1.29 is 9.90 Å². The van der Waals surface area contributed by atoms with Crippen LogP contribution in [0.2, 0.25) is 5.15 Å². The second-order valence-corrected chi connectivity index (χ2v) is 4.99. The van der Waals surface area contributed by atoms with Gasteiger partial charge in [0.2, 0.25) is 0 Å². The fourth-order valence-corrected chi connectivity index (χ4v) is 2.16. The van der Waals surface area contributed by atoms with E-state index in [0.29, 0.717) is 23.7 Å². The van der Waals surface area contributed by atoms with Crippen LogP contribution in [-0.4, -0.2) is 25.8 Å². The van der Waals surface area contributed by atoms with Crippen LogP contribution in [0.1, 0.15) is 29.9 Å². The highest BCUT2D eigenvalue weighted by molar-refractivity contribution is 6.32. The van der Waals surface area contributed by atoms with Crippen LogP contribution in [-0.2, 0) is 6.42 Å². The summed E-state index contributed by atoms with van der Waals surface area (Å²) in [6, 6.07) is 3.45. The van der Waals surface area contributed by atoms with Gasteiger partial charge in [-0.05, 0) is 24.5 Å². The Morgan fingerprint density at radius 2 is 2.05 bits per heavy atom. The van der Waals surface area contributed by atoms with Crippen LogP contribution in [0, 0.1) is 5.92 Å². The van der Waals surface area contributed by atoms with Crippen molar-refractivity contribution in [3.8, 4) is 5.69 Å². The Hall–Kier alpha value is -1.88. The Bertz CT molecular complexity index is 593. The molecule has 5 nitrogen and oxygen atoms in total. The van der Waals surface area contributed by atoms with E-state index in [-0.39, 0.29) is 10.7 Å². The first-order valence-electron chi connectivity index (χ1n) is 5.91. The number of aromatic carboxylic acids is 1. The van der Waals surface area contributed by atoms with E-state index in [2.05, 4.69) is 10.1 Å². The predicted octanol–water partition coefficient (Wildman–Crippen LogP) is 2.82. The average molecular weight is 280 g/mol. The number of pyridine rings is 1. The third kappa shape index (κ3) is 2.76. The van der Waals surface area contributed by atoms with Gasteiger partial charge in [0.25, 0.3) is 0 Å². The quantitative estimate of drug-likeness (QED) is 0.934. The molecule has 2 aromatic rings. The molecule has 0 atom stereocenters. The van der Waals surface area contributed by atoms with Gasteiger partial charge in [-0.25, -0.2) is 9.48 Å². The molecule has 0 aromatic carbocycles. The van der Waals surface area contributed by atoms with Gasteiger partial charge in [-0.3, -0.25) is 4.98 Å². The third-order valence-electron chi connectivity index (χ3n) is 2.62. The van der Waals surface area contributed by atoms with E-state index in [9.17, 15) is 9.90 Å². The lowest BCUT2D eigenvalue weighted by atomic mass is 10.1. The van der Waals surface area contributed by atoms with E-state index in [1.165, 1.54) is 4.68 Å². The summed E-state index contributed by atoms with van der Waals surface area (Å²) >= 11 is 6.14. The minimum absolute atomic E-state index is 0.0761. The molecule has 0 aliphatic rings. The summed E-state index contributed by atoms with van der Waals surface area (Å²) in [6.45, 7) is 4.01. The predicted molar refractivity (Wildman–Crippen MR) is 71.9 cm³/mol. The molecule has 0 aliphatic heterocycles. The summed E-state index contributed by atoms with van der Waals surface area (Å²) in [5.74, 6) is -0.754. The normalized spacial score (nSPS) is 10.9. The fourth-order valence-electron chi connectivity index (χ4n) is 1.84. The maximum atomic E-state index is 11.3. The fraction of sp³-hybridized carbons (Fsp3) is 0.308. The summed E-state index contributed by atoms with van der Waals surface area (Å²) in [7, 11) is 0. The van der Waals surface area contributed by atoms with Crippen LogP contribution < -0.4 is 0 Å². The Morgan fingerprint density at radius 1 is 1.42 bits per heavy atom. The zero-order chi connectivity index (χ0) is 14.0. The Balaban J connectivity index is 2.55. The number of carboxylic acids is 1. The van der Waals surface area contributed by atoms with Crippen molar-refractivity contribution in [2.24, 2.45) is 5.92 Å². The van der Waals surface area contributed by atoms with Crippen molar-refractivity contribution in [3.05, 3.63) is 40.9 Å². The third-order valence-corrected chi connectivity index (χ3v) is 2.97. The number of hydrogen-bond donors (Lipinski definition) is 1. The van der Waals surface area contributed by atoms with Crippen LogP contribution in [0.3, 0.4) is 0 Å². The standard InChI is InChI=1S/C13H14ClN3O2/c1-8(2)7-10-11(13(18)19)12(14)17(16-10)9-3-5-15-6-4-9/h3-6,8H,7H2,1-2H3,(H,18,19). The minimum atomic E-state index is -1.05. The van der Waals surface area contributed by atoms with Crippen molar-refractivity contribution in [1.29, 1.82) is 0 Å². The maximum absolute atomic E-state index is 11.3. The van der Waals surface area contributed by atoms with Crippen molar-refractivity contribution in [2.75, 3.05) is 0 Å². The molecule has 2 aromatic heterocycles. The molecule has 19 heavy (non-hydrogen) atoms. The first-order chi connectivity index (χ1) is 9.00. The number of nitrogens with zero attached hydrogens (tertiary/aromatic N) is 3. The van der Waals surface area contributed by atoms with Gasteiger partial charge in [0.05, 0.1) is 11.4 Å². The molecule has 0 amide bonds. The molecule has 0 spiro atoms. The van der Waals surface area contributed by atoms with E-state index in [0.717, 1.165) is 0 Å². The molecule has 0 fully saturated rings. The topological polar surface area (TPSA) is 68.0 Å². The molecule has 0 bridgehead atoms. The SMILES string of the molecule is CC(C)Cc1nn(-c2ccncc2)c(Cl)c1C(=O)O. The van der Waals surface area contributed by atoms with E-state index >= 15 is 0 Å². The largest absolute Gasteiger partial charge is 0.478 e. The lowest BCUT2D eigenvalue weighted by Crippen LogP contribution is -2.03. The van der Waals surface area contributed by atoms with Gasteiger partial charge >= 0.3 is 5.97 Å². The molecule has 0 saturated heterocycles. The number of rotatable bonds is 4. The van der Waals surface area contributed by atoms with Crippen molar-refractivity contribution in [3.63, 3.8) is 0 Å². The first kappa shape index (κ1) is 13.5. The molecular formula is C13H14ClN3O2. The summed E-state index contributed by atoms with van der Waals surface area (Å²) in [6.07, 6.45) is 3.78. The van der Waals surface area contributed by atoms with Crippen molar-refractivity contribution in [2.45, 2.75) is 20.3 Å². The second kappa shape index (κ2) is 5.40. The van der Waals surface area contributed by atoms with E-state index < -0.39 is 5.97 Å². The van der Waals surface area contributed by atoms with Crippen molar-refractivity contribution >= 4 is 17.6 Å². The van der Waals surface area contributed by atoms with Crippen molar-refractivity contribution in [1.82, 2.24) is 14.8 Å². The molecule has 100 valence electrons. The second-order valence-electron chi connectivity index (χ2n) is 4.63. The lowest BCUT2D eigenvalue weighted by molar-refractivity contribution is 0.0696. The Kier molecular flexibility index (Phi) is 3.85. The molecule has 0 aliphatic carbocycles. The van der Waals surface area contributed by atoms with E-state index in [4.69, 9.17) is 11.6 Å². The van der Waals surface area contributed by atoms with Gasteiger partial charge in [-0.15, -0.1) is 0 Å². The van der Waals surface area contributed by atoms with E-state index in [1.807, 2.05) is 13.8 Å². The molecule has 0 unspecified atom stereocenters. The molecule has 6 heteroatoms. The average Bonchev–Trinajstić information content (AvgIpc) is 2.66. The number of aromatic nitrogens is 3. The molecule has 2 rings (SSSR count). The van der Waals surface area contributed by atoms with Gasteiger partial charge in [0.15, 0.2) is 0 Å². The maximum Gasteiger partial charge on any atom is 0.340 e. The number of carbonyl (C=O) groups is 1. The first-order valence-corrected chi connectivity index (χ1v) is 6.29. The van der Waals surface area contributed by atoms with Gasteiger partial charge in [-0.2, -0.15) is 5.10 Å². The molecule has 1 N–H and O–H groups in total. The molecule has 0 saturated carbocycles. The van der Waals surface area contributed by atoms with Crippen LogP contribution in [0.4, 0.5) is 0 Å². The van der Waals surface area contributed by atoms with Crippen LogP contribution >= 0.6 is 11.6 Å². The van der Waals surface area contributed by atoms with Crippen LogP contribution in [0.5, 0.6) is 0 Å². The lowest BCUT2D eigenvalue weighted by Gasteiger charge is -2.02. The highest BCUT2D eigenvalue weighted by atomic mass is 35.5. The summed E-state index contributed by atoms with van der Waals surface area (Å²) in [5.41, 5.74) is 1.27. The Morgan fingerprint density at radius 3 is 2.58 bits per heavy atom. The summed E-state index contributed by atoms with van der Waals surface area (Å²) < 4.78 is 1.43. The smallest absolute Gasteiger partial charge is 0.340 e. The van der Waals surface area contributed by atoms with Crippen LogP contribution in [0.15, 0.2) is 24.5 Å². The highest BCUT2D eigenvalue weighted by Gasteiger charge is 2.23. The number of halogens is 1. The van der Waals surface area contributed by atoms with Crippen LogP contribution in [0.25, 0.3) is 5.69 Å². The van der Waals surface area contributed by atoms with E-state index in [1.54, 1.807) is 24.5 Å². The zero-order valence-electron chi connectivity index (χ0n) is 10.7. The Labute approximate surface area is 115 Å². The summed E-state index contributed by atoms with van der Waals surface area (Å²) in [5, 5.41) is 13.7. The molecular weight excluding hydrogens is 266 g/mol. The molecule has 2 heterocycles. The monoisotopic (exact) mass is 279 g/mol.